The van der Waals surface area contributed by atoms with E-state index in [4.69, 9.17) is 4.74 Å². The Hall–Kier alpha value is -1.92. The number of thiazole rings is 1. The molecule has 1 aromatic heterocycles. The van der Waals surface area contributed by atoms with Gasteiger partial charge in [-0.05, 0) is 42.5 Å². The second-order valence-electron chi connectivity index (χ2n) is 7.56. The molecule has 0 radical (unpaired) electrons. The third-order valence-corrected chi connectivity index (χ3v) is 6.45. The molecule has 4 rings (SSSR count). The number of aromatic nitrogens is 1. The molecular formula is C21H27N3O2S. The Kier molecular flexibility index (Phi) is 5.74. The highest BCUT2D eigenvalue weighted by Crippen LogP contribution is 2.27. The van der Waals surface area contributed by atoms with Crippen LogP contribution >= 0.6 is 11.3 Å². The van der Waals surface area contributed by atoms with Crippen molar-refractivity contribution >= 4 is 22.4 Å². The summed E-state index contributed by atoms with van der Waals surface area (Å²) in [6.45, 7) is 2.77. The van der Waals surface area contributed by atoms with Crippen LogP contribution in [-0.2, 0) is 24.3 Å². The largest absolute Gasteiger partial charge is 0.497 e. The van der Waals surface area contributed by atoms with E-state index < -0.39 is 0 Å². The van der Waals surface area contributed by atoms with Crippen molar-refractivity contribution in [1.82, 2.24) is 9.88 Å². The van der Waals surface area contributed by atoms with Crippen molar-refractivity contribution in [2.24, 2.45) is 5.92 Å². The molecule has 1 fully saturated rings. The van der Waals surface area contributed by atoms with Crippen molar-refractivity contribution in [3.63, 3.8) is 0 Å². The Labute approximate surface area is 164 Å². The number of benzene rings is 1. The molecule has 1 aliphatic heterocycles. The van der Waals surface area contributed by atoms with E-state index in [2.05, 4.69) is 32.7 Å². The molecule has 0 unspecified atom stereocenters. The van der Waals surface area contributed by atoms with Gasteiger partial charge in [-0.15, -0.1) is 11.3 Å². The molecule has 0 spiro atoms. The third kappa shape index (κ3) is 4.50. The van der Waals surface area contributed by atoms with Gasteiger partial charge >= 0.3 is 0 Å². The number of hydrogen-bond donors (Lipinski definition) is 1. The average molecular weight is 386 g/mol. The minimum absolute atomic E-state index is 0.149. The molecule has 1 amide bonds. The van der Waals surface area contributed by atoms with E-state index in [1.807, 2.05) is 6.07 Å². The lowest BCUT2D eigenvalue weighted by atomic mass is 9.89. The van der Waals surface area contributed by atoms with Crippen molar-refractivity contribution < 1.29 is 9.53 Å². The quantitative estimate of drug-likeness (QED) is 0.837. The fraction of sp³-hybridized carbons (Fsp3) is 0.524. The molecule has 6 heteroatoms. The fourth-order valence-corrected chi connectivity index (χ4v) is 4.79. The van der Waals surface area contributed by atoms with Crippen LogP contribution in [0.4, 0.5) is 5.13 Å². The predicted molar refractivity (Wildman–Crippen MR) is 108 cm³/mol. The number of amides is 1. The molecular weight excluding hydrogens is 358 g/mol. The van der Waals surface area contributed by atoms with Crippen LogP contribution in [0.1, 0.15) is 48.9 Å². The average Bonchev–Trinajstić information content (AvgIpc) is 3.15. The van der Waals surface area contributed by atoms with Crippen molar-refractivity contribution in [3.05, 3.63) is 40.4 Å². The summed E-state index contributed by atoms with van der Waals surface area (Å²) >= 11 is 1.53. The number of methoxy groups -OCH3 is 1. The molecule has 2 aliphatic rings. The highest BCUT2D eigenvalue weighted by atomic mass is 32.1. The van der Waals surface area contributed by atoms with Crippen molar-refractivity contribution in [1.29, 1.82) is 0 Å². The van der Waals surface area contributed by atoms with Gasteiger partial charge in [0.05, 0.1) is 12.8 Å². The fourth-order valence-electron chi connectivity index (χ4n) is 4.09. The molecule has 2 aromatic rings. The predicted octanol–water partition coefficient (Wildman–Crippen LogP) is 4.23. The first-order valence-corrected chi connectivity index (χ1v) is 10.7. The van der Waals surface area contributed by atoms with Crippen LogP contribution in [0.5, 0.6) is 5.75 Å². The van der Waals surface area contributed by atoms with Crippen molar-refractivity contribution in [3.8, 4) is 5.75 Å². The van der Waals surface area contributed by atoms with E-state index in [-0.39, 0.29) is 11.8 Å². The monoisotopic (exact) mass is 385 g/mol. The maximum absolute atomic E-state index is 12.4. The SMILES string of the molecule is COc1ccc2c(c1)CCN(Cc1csc(NC(=O)C3CCCCC3)n1)C2. The molecule has 2 heterocycles. The molecule has 1 aromatic carbocycles. The van der Waals surface area contributed by atoms with Crippen LogP contribution in [0.25, 0.3) is 0 Å². The van der Waals surface area contributed by atoms with E-state index in [0.717, 1.165) is 55.5 Å². The minimum Gasteiger partial charge on any atom is -0.497 e. The van der Waals surface area contributed by atoms with Crippen LogP contribution in [0.15, 0.2) is 23.6 Å². The van der Waals surface area contributed by atoms with Crippen LogP contribution < -0.4 is 10.1 Å². The second kappa shape index (κ2) is 8.40. The molecule has 27 heavy (non-hydrogen) atoms. The molecule has 0 bridgehead atoms. The maximum atomic E-state index is 12.4. The van der Waals surface area contributed by atoms with E-state index in [1.54, 1.807) is 7.11 Å². The summed E-state index contributed by atoms with van der Waals surface area (Å²) in [6, 6.07) is 6.34. The number of rotatable bonds is 5. The lowest BCUT2D eigenvalue weighted by Crippen LogP contribution is -2.30. The van der Waals surface area contributed by atoms with Gasteiger partial charge in [0.1, 0.15) is 5.75 Å². The number of carbonyl (C=O) groups excluding carboxylic acids is 1. The molecule has 1 aliphatic carbocycles. The molecule has 0 saturated heterocycles. The Morgan fingerprint density at radius 3 is 2.96 bits per heavy atom. The van der Waals surface area contributed by atoms with Crippen molar-refractivity contribution in [2.75, 3.05) is 19.0 Å². The lowest BCUT2D eigenvalue weighted by molar-refractivity contribution is -0.120. The second-order valence-corrected chi connectivity index (χ2v) is 8.42. The van der Waals surface area contributed by atoms with Crippen LogP contribution in [0.2, 0.25) is 0 Å². The lowest BCUT2D eigenvalue weighted by Gasteiger charge is -2.28. The van der Waals surface area contributed by atoms with Gasteiger partial charge in [0.25, 0.3) is 0 Å². The Morgan fingerprint density at radius 1 is 1.30 bits per heavy atom. The van der Waals surface area contributed by atoms with Crippen molar-refractivity contribution in [2.45, 2.75) is 51.6 Å². The zero-order valence-corrected chi connectivity index (χ0v) is 16.7. The summed E-state index contributed by atoms with van der Waals surface area (Å²) in [5, 5.41) is 5.84. The Bertz CT molecular complexity index is 798. The van der Waals surface area contributed by atoms with Gasteiger partial charge in [0.15, 0.2) is 5.13 Å². The van der Waals surface area contributed by atoms with Crippen LogP contribution in [0.3, 0.4) is 0 Å². The minimum atomic E-state index is 0.149. The number of ether oxygens (including phenoxy) is 1. The standard InChI is InChI=1S/C21H27N3O2S/c1-26-19-8-7-17-12-24(10-9-16(17)11-19)13-18-14-27-21(22-18)23-20(25)15-5-3-2-4-6-15/h7-8,11,14-15H,2-6,9-10,12-13H2,1H3,(H,22,23,25). The number of anilines is 1. The summed E-state index contributed by atoms with van der Waals surface area (Å²) < 4.78 is 5.32. The topological polar surface area (TPSA) is 54.5 Å². The van der Waals surface area contributed by atoms with E-state index >= 15 is 0 Å². The summed E-state index contributed by atoms with van der Waals surface area (Å²) in [6.07, 6.45) is 6.66. The molecule has 1 saturated carbocycles. The maximum Gasteiger partial charge on any atom is 0.229 e. The third-order valence-electron chi connectivity index (χ3n) is 5.65. The number of carbonyl (C=O) groups is 1. The van der Waals surface area contributed by atoms with Crippen LogP contribution in [0, 0.1) is 5.92 Å². The first kappa shape index (κ1) is 18.4. The molecule has 1 N–H and O–H groups in total. The first-order valence-electron chi connectivity index (χ1n) is 9.84. The first-order chi connectivity index (χ1) is 13.2. The zero-order chi connectivity index (χ0) is 18.6. The molecule has 5 nitrogen and oxygen atoms in total. The highest BCUT2D eigenvalue weighted by molar-refractivity contribution is 7.13. The summed E-state index contributed by atoms with van der Waals surface area (Å²) in [4.78, 5) is 19.5. The van der Waals surface area contributed by atoms with Gasteiger partial charge in [-0.1, -0.05) is 25.3 Å². The van der Waals surface area contributed by atoms with E-state index in [1.165, 1.54) is 41.7 Å². The number of nitrogens with one attached hydrogen (secondary N) is 1. The smallest absolute Gasteiger partial charge is 0.229 e. The van der Waals surface area contributed by atoms with Gasteiger partial charge in [-0.3, -0.25) is 9.69 Å². The van der Waals surface area contributed by atoms with Gasteiger partial charge in [-0.2, -0.15) is 0 Å². The van der Waals surface area contributed by atoms with Crippen LogP contribution in [-0.4, -0.2) is 29.4 Å². The Morgan fingerprint density at radius 2 is 2.15 bits per heavy atom. The molecule has 0 atom stereocenters. The number of nitrogens with zero attached hydrogens (tertiary/aromatic N) is 2. The van der Waals surface area contributed by atoms with Gasteiger partial charge in [0.2, 0.25) is 5.91 Å². The zero-order valence-electron chi connectivity index (χ0n) is 15.9. The summed E-state index contributed by atoms with van der Waals surface area (Å²) in [7, 11) is 1.71. The normalized spacial score (nSPS) is 18.1. The highest BCUT2D eigenvalue weighted by Gasteiger charge is 2.22. The summed E-state index contributed by atoms with van der Waals surface area (Å²) in [5.41, 5.74) is 3.78. The molecule has 144 valence electrons. The summed E-state index contributed by atoms with van der Waals surface area (Å²) in [5.74, 6) is 1.25. The van der Waals surface area contributed by atoms with Gasteiger partial charge in [0, 0.05) is 30.9 Å². The van der Waals surface area contributed by atoms with Gasteiger partial charge in [-0.25, -0.2) is 4.98 Å². The number of hydrogen-bond acceptors (Lipinski definition) is 5. The van der Waals surface area contributed by atoms with E-state index in [9.17, 15) is 4.79 Å². The van der Waals surface area contributed by atoms with Gasteiger partial charge < -0.3 is 10.1 Å². The van der Waals surface area contributed by atoms with E-state index in [0.29, 0.717) is 0 Å². The number of fused-ring (bicyclic) bond motifs is 1. The Balaban J connectivity index is 1.33.